The largest absolute Gasteiger partial charge is 0.481 e. The van der Waals surface area contributed by atoms with E-state index in [2.05, 4.69) is 15.9 Å². The van der Waals surface area contributed by atoms with Crippen LogP contribution in [-0.4, -0.2) is 20.6 Å². The number of carboxylic acid groups (broad SMARTS) is 1. The predicted octanol–water partition coefficient (Wildman–Crippen LogP) is 1.63. The lowest BCUT2D eigenvalue weighted by Gasteiger charge is -2.14. The topological polar surface area (TPSA) is 54.4 Å². The summed E-state index contributed by atoms with van der Waals surface area (Å²) in [5.74, 6) is -2.79. The highest BCUT2D eigenvalue weighted by Crippen LogP contribution is 2.26. The van der Waals surface area contributed by atoms with Crippen LogP contribution in [0, 0.1) is 5.92 Å². The first-order valence-corrected chi connectivity index (χ1v) is 4.09. The molecule has 0 aliphatic heterocycles. The Morgan fingerprint density at radius 2 is 2.00 bits per heavy atom. The van der Waals surface area contributed by atoms with Crippen LogP contribution in [0.25, 0.3) is 0 Å². The van der Waals surface area contributed by atoms with Crippen LogP contribution in [0.3, 0.4) is 0 Å². The third kappa shape index (κ3) is 3.20. The Morgan fingerprint density at radius 1 is 1.64 bits per heavy atom. The quantitative estimate of drug-likeness (QED) is 0.605. The first kappa shape index (κ1) is 10.9. The molecule has 0 amide bonds. The third-order valence-electron chi connectivity index (χ3n) is 1.20. The SMILES string of the molecule is CC(C(=O)O)C(=O)C(C)(Cl)Br. The number of rotatable bonds is 3. The van der Waals surface area contributed by atoms with Gasteiger partial charge in [0.05, 0.1) is 0 Å². The fourth-order valence-electron chi connectivity index (χ4n) is 0.492. The molecular formula is C6H8BrClO3. The number of halogens is 2. The Hall–Kier alpha value is -0.0900. The van der Waals surface area contributed by atoms with Crippen molar-refractivity contribution in [1.29, 1.82) is 0 Å². The van der Waals surface area contributed by atoms with Crippen molar-refractivity contribution in [3.05, 3.63) is 0 Å². The Kier molecular flexibility index (Phi) is 3.51. The van der Waals surface area contributed by atoms with Gasteiger partial charge in [-0.3, -0.25) is 9.59 Å². The molecule has 2 unspecified atom stereocenters. The van der Waals surface area contributed by atoms with E-state index in [1.807, 2.05) is 0 Å². The van der Waals surface area contributed by atoms with Gasteiger partial charge in [-0.25, -0.2) is 0 Å². The number of ketones is 1. The molecule has 11 heavy (non-hydrogen) atoms. The van der Waals surface area contributed by atoms with Crippen LogP contribution in [-0.2, 0) is 9.59 Å². The number of carboxylic acids is 1. The van der Waals surface area contributed by atoms with Crippen LogP contribution in [0.5, 0.6) is 0 Å². The maximum Gasteiger partial charge on any atom is 0.313 e. The second-order valence-corrected chi connectivity index (χ2v) is 5.11. The highest BCUT2D eigenvalue weighted by Gasteiger charge is 2.34. The lowest BCUT2D eigenvalue weighted by Crippen LogP contribution is -2.32. The van der Waals surface area contributed by atoms with Gasteiger partial charge in [-0.15, -0.1) is 0 Å². The Bertz CT molecular complexity index is 185. The molecule has 0 aliphatic carbocycles. The fourth-order valence-corrected chi connectivity index (χ4v) is 0.999. The number of carbonyl (C=O) groups excluding carboxylic acids is 1. The van der Waals surface area contributed by atoms with Gasteiger partial charge in [0.1, 0.15) is 5.92 Å². The molecule has 0 fully saturated rings. The zero-order valence-corrected chi connectivity index (χ0v) is 8.44. The normalized spacial score (nSPS) is 18.5. The molecule has 0 aromatic heterocycles. The van der Waals surface area contributed by atoms with Gasteiger partial charge in [0.25, 0.3) is 0 Å². The zero-order valence-electron chi connectivity index (χ0n) is 6.10. The second-order valence-electron chi connectivity index (χ2n) is 2.31. The average Bonchev–Trinajstić information content (AvgIpc) is 1.82. The molecule has 0 rings (SSSR count). The van der Waals surface area contributed by atoms with Gasteiger partial charge in [-0.1, -0.05) is 27.5 Å². The summed E-state index contributed by atoms with van der Waals surface area (Å²) < 4.78 is -1.27. The van der Waals surface area contributed by atoms with Crippen LogP contribution >= 0.6 is 27.5 Å². The summed E-state index contributed by atoms with van der Waals surface area (Å²) >= 11 is 8.39. The van der Waals surface area contributed by atoms with E-state index in [1.165, 1.54) is 13.8 Å². The van der Waals surface area contributed by atoms with Crippen LogP contribution in [0.1, 0.15) is 13.8 Å². The maximum atomic E-state index is 11.0. The summed E-state index contributed by atoms with van der Waals surface area (Å²) in [7, 11) is 0. The first-order valence-electron chi connectivity index (χ1n) is 2.91. The smallest absolute Gasteiger partial charge is 0.313 e. The Morgan fingerprint density at radius 3 is 2.09 bits per heavy atom. The van der Waals surface area contributed by atoms with Gasteiger partial charge in [0, 0.05) is 0 Å². The van der Waals surface area contributed by atoms with Crippen molar-refractivity contribution in [1.82, 2.24) is 0 Å². The molecule has 3 nitrogen and oxygen atoms in total. The van der Waals surface area contributed by atoms with Crippen LogP contribution < -0.4 is 0 Å². The summed E-state index contributed by atoms with van der Waals surface area (Å²) in [5, 5.41) is 8.42. The first-order chi connectivity index (χ1) is 4.76. The second kappa shape index (κ2) is 3.54. The van der Waals surface area contributed by atoms with E-state index in [-0.39, 0.29) is 0 Å². The number of Topliss-reactive ketones (excluding diaryl/α,β-unsaturated/α-hetero) is 1. The summed E-state index contributed by atoms with van der Waals surface area (Å²) in [6, 6.07) is 0. The van der Waals surface area contributed by atoms with E-state index >= 15 is 0 Å². The molecule has 64 valence electrons. The van der Waals surface area contributed by atoms with Crippen LogP contribution in [0.15, 0.2) is 0 Å². The average molecular weight is 243 g/mol. The van der Waals surface area contributed by atoms with Crippen molar-refractivity contribution in [2.45, 2.75) is 17.6 Å². The van der Waals surface area contributed by atoms with Crippen LogP contribution in [0.4, 0.5) is 0 Å². The van der Waals surface area contributed by atoms with Crippen molar-refractivity contribution in [3.63, 3.8) is 0 Å². The van der Waals surface area contributed by atoms with Crippen LogP contribution in [0.2, 0.25) is 0 Å². The van der Waals surface area contributed by atoms with E-state index in [0.717, 1.165) is 0 Å². The summed E-state index contributed by atoms with van der Waals surface area (Å²) in [5.41, 5.74) is 0. The molecule has 1 N–H and O–H groups in total. The van der Waals surface area contributed by atoms with Crippen molar-refractivity contribution >= 4 is 39.3 Å². The Balaban J connectivity index is 4.39. The number of hydrogen-bond acceptors (Lipinski definition) is 2. The molecule has 0 saturated heterocycles. The minimum atomic E-state index is -1.27. The molecule has 0 aromatic carbocycles. The molecular weight excluding hydrogens is 235 g/mol. The standard InChI is InChI=1S/C6H8BrClO3/c1-3(5(10)11)4(9)6(2,7)8/h3H,1-2H3,(H,10,11). The van der Waals surface area contributed by atoms with Gasteiger partial charge >= 0.3 is 5.97 Å². The molecule has 0 spiro atoms. The Labute approximate surface area is 77.9 Å². The number of carbonyl (C=O) groups is 2. The highest BCUT2D eigenvalue weighted by atomic mass is 79.9. The molecule has 0 aromatic rings. The molecule has 0 aliphatic rings. The van der Waals surface area contributed by atoms with Gasteiger partial charge in [0.15, 0.2) is 9.57 Å². The molecule has 0 heterocycles. The van der Waals surface area contributed by atoms with Crippen molar-refractivity contribution in [2.24, 2.45) is 5.92 Å². The van der Waals surface area contributed by atoms with E-state index in [0.29, 0.717) is 0 Å². The van der Waals surface area contributed by atoms with Crippen molar-refractivity contribution < 1.29 is 14.7 Å². The zero-order chi connectivity index (χ0) is 9.23. The molecule has 5 heteroatoms. The van der Waals surface area contributed by atoms with Crippen molar-refractivity contribution in [2.75, 3.05) is 0 Å². The number of aliphatic carboxylic acids is 1. The molecule has 0 radical (unpaired) electrons. The molecule has 0 saturated carbocycles. The van der Waals surface area contributed by atoms with Gasteiger partial charge in [-0.2, -0.15) is 0 Å². The lowest BCUT2D eigenvalue weighted by atomic mass is 10.1. The summed E-state index contributed by atoms with van der Waals surface area (Å²) in [6.45, 7) is 2.70. The molecule has 2 atom stereocenters. The minimum Gasteiger partial charge on any atom is -0.481 e. The predicted molar refractivity (Wildman–Crippen MR) is 45.0 cm³/mol. The number of alkyl halides is 2. The lowest BCUT2D eigenvalue weighted by molar-refractivity contribution is -0.145. The summed E-state index contributed by atoms with van der Waals surface area (Å²) in [4.78, 5) is 21.3. The maximum absolute atomic E-state index is 11.0. The van der Waals surface area contributed by atoms with Crippen molar-refractivity contribution in [3.8, 4) is 0 Å². The summed E-state index contributed by atoms with van der Waals surface area (Å²) in [6.07, 6.45) is 0. The van der Waals surface area contributed by atoms with E-state index in [1.54, 1.807) is 0 Å². The highest BCUT2D eigenvalue weighted by molar-refractivity contribution is 9.10. The van der Waals surface area contributed by atoms with E-state index in [9.17, 15) is 9.59 Å². The van der Waals surface area contributed by atoms with Gasteiger partial charge in [-0.05, 0) is 13.8 Å². The van der Waals surface area contributed by atoms with Gasteiger partial charge in [0.2, 0.25) is 0 Å². The third-order valence-corrected chi connectivity index (χ3v) is 1.77. The van der Waals surface area contributed by atoms with Gasteiger partial charge < -0.3 is 5.11 Å². The monoisotopic (exact) mass is 242 g/mol. The fraction of sp³-hybridized carbons (Fsp3) is 0.667. The van der Waals surface area contributed by atoms with E-state index in [4.69, 9.17) is 16.7 Å². The van der Waals surface area contributed by atoms with E-state index < -0.39 is 21.5 Å². The minimum absolute atomic E-state index is 0.549. The number of hydrogen-bond donors (Lipinski definition) is 1. The molecule has 0 bridgehead atoms.